The number of hydrogen-bond donors (Lipinski definition) is 1. The Balaban J connectivity index is 1.79. The second-order valence-corrected chi connectivity index (χ2v) is 6.32. The van der Waals surface area contributed by atoms with Gasteiger partial charge in [0.05, 0.1) is 0 Å². The number of rotatable bonds is 7. The molecule has 3 nitrogen and oxygen atoms in total. The summed E-state index contributed by atoms with van der Waals surface area (Å²) in [4.78, 5) is 5.13. The Bertz CT molecular complexity index is 232. The van der Waals surface area contributed by atoms with Gasteiger partial charge in [-0.15, -0.1) is 0 Å². The van der Waals surface area contributed by atoms with Crippen molar-refractivity contribution < 1.29 is 0 Å². The Kier molecular flexibility index (Phi) is 5.46. The van der Waals surface area contributed by atoms with Gasteiger partial charge in [0, 0.05) is 24.7 Å². The molecule has 0 aromatic heterocycles. The molecule has 1 unspecified atom stereocenters. The summed E-state index contributed by atoms with van der Waals surface area (Å²) >= 11 is 0. The second kappa shape index (κ2) is 6.88. The molecule has 1 N–H and O–H groups in total. The fourth-order valence-electron chi connectivity index (χ4n) is 3.07. The maximum Gasteiger partial charge on any atom is 0.0220 e. The van der Waals surface area contributed by atoms with Crippen molar-refractivity contribution in [2.24, 2.45) is 0 Å². The van der Waals surface area contributed by atoms with Crippen LogP contribution in [-0.4, -0.2) is 61.7 Å². The van der Waals surface area contributed by atoms with Gasteiger partial charge in [-0.2, -0.15) is 0 Å². The van der Waals surface area contributed by atoms with Gasteiger partial charge in [-0.05, 0) is 59.3 Å². The molecule has 1 atom stereocenters. The van der Waals surface area contributed by atoms with Gasteiger partial charge in [0.25, 0.3) is 0 Å². The maximum absolute atomic E-state index is 3.72. The molecule has 2 rings (SSSR count). The van der Waals surface area contributed by atoms with Gasteiger partial charge < -0.3 is 10.2 Å². The predicted molar refractivity (Wildman–Crippen MR) is 78.0 cm³/mol. The van der Waals surface area contributed by atoms with Crippen LogP contribution < -0.4 is 5.32 Å². The highest BCUT2D eigenvalue weighted by Gasteiger charge is 2.27. The Morgan fingerprint density at radius 1 is 1.22 bits per heavy atom. The number of likely N-dealkylation sites (N-methyl/N-ethyl adjacent to an activating group) is 1. The van der Waals surface area contributed by atoms with Crippen LogP contribution in [0.25, 0.3) is 0 Å². The molecule has 106 valence electrons. The van der Waals surface area contributed by atoms with E-state index in [1.54, 1.807) is 0 Å². The first-order valence-electron chi connectivity index (χ1n) is 7.84. The number of nitrogens with zero attached hydrogens (tertiary/aromatic N) is 2. The summed E-state index contributed by atoms with van der Waals surface area (Å²) in [6, 6.07) is 2.39. The third-order valence-corrected chi connectivity index (χ3v) is 4.68. The lowest BCUT2D eigenvalue weighted by Gasteiger charge is -2.39. The zero-order valence-electron chi connectivity index (χ0n) is 12.5. The molecule has 1 saturated heterocycles. The van der Waals surface area contributed by atoms with Crippen molar-refractivity contribution in [2.45, 2.75) is 63.6 Å². The van der Waals surface area contributed by atoms with Crippen LogP contribution >= 0.6 is 0 Å². The Hall–Kier alpha value is -0.120. The lowest BCUT2D eigenvalue weighted by Crippen LogP contribution is -2.49. The first-order chi connectivity index (χ1) is 8.70. The van der Waals surface area contributed by atoms with E-state index in [9.17, 15) is 0 Å². The van der Waals surface area contributed by atoms with E-state index in [0.717, 1.165) is 18.1 Å². The van der Waals surface area contributed by atoms with E-state index >= 15 is 0 Å². The first kappa shape index (κ1) is 14.3. The zero-order valence-corrected chi connectivity index (χ0v) is 12.5. The van der Waals surface area contributed by atoms with Gasteiger partial charge in [-0.3, -0.25) is 4.90 Å². The van der Waals surface area contributed by atoms with Gasteiger partial charge in [-0.1, -0.05) is 13.3 Å². The van der Waals surface area contributed by atoms with Crippen molar-refractivity contribution in [1.29, 1.82) is 0 Å². The summed E-state index contributed by atoms with van der Waals surface area (Å²) < 4.78 is 0. The van der Waals surface area contributed by atoms with Gasteiger partial charge in [0.1, 0.15) is 0 Å². The molecule has 0 bridgehead atoms. The highest BCUT2D eigenvalue weighted by molar-refractivity contribution is 4.86. The van der Waals surface area contributed by atoms with E-state index in [1.807, 2.05) is 0 Å². The highest BCUT2D eigenvalue weighted by Crippen LogP contribution is 2.21. The molecule has 0 aromatic carbocycles. The third-order valence-electron chi connectivity index (χ3n) is 4.68. The van der Waals surface area contributed by atoms with Crippen molar-refractivity contribution in [1.82, 2.24) is 15.1 Å². The minimum atomic E-state index is 0.740. The number of piperidine rings is 1. The minimum Gasteiger partial charge on any atom is -0.312 e. The van der Waals surface area contributed by atoms with Crippen molar-refractivity contribution in [2.75, 3.05) is 33.7 Å². The maximum atomic E-state index is 3.72. The van der Waals surface area contributed by atoms with E-state index in [1.165, 1.54) is 58.2 Å². The predicted octanol–water partition coefficient (Wildman–Crippen LogP) is 1.93. The van der Waals surface area contributed by atoms with Gasteiger partial charge in [0.2, 0.25) is 0 Å². The number of nitrogens with one attached hydrogen (secondary N) is 1. The molecule has 3 heteroatoms. The summed E-state index contributed by atoms with van der Waals surface area (Å²) in [5, 5.41) is 3.72. The first-order valence-corrected chi connectivity index (χ1v) is 7.84. The van der Waals surface area contributed by atoms with E-state index in [2.05, 4.69) is 36.1 Å². The van der Waals surface area contributed by atoms with Crippen LogP contribution in [0, 0.1) is 0 Å². The Morgan fingerprint density at radius 3 is 2.44 bits per heavy atom. The second-order valence-electron chi connectivity index (χ2n) is 6.32. The van der Waals surface area contributed by atoms with Crippen molar-refractivity contribution in [3.8, 4) is 0 Å². The molecule has 0 amide bonds. The molecule has 2 fully saturated rings. The summed E-state index contributed by atoms with van der Waals surface area (Å²) in [7, 11) is 4.60. The summed E-state index contributed by atoms with van der Waals surface area (Å²) in [5.41, 5.74) is 0. The molecular weight excluding hydrogens is 222 g/mol. The van der Waals surface area contributed by atoms with E-state index in [0.29, 0.717) is 0 Å². The molecule has 2 aliphatic rings. The van der Waals surface area contributed by atoms with Crippen LogP contribution in [0.3, 0.4) is 0 Å². The quantitative estimate of drug-likeness (QED) is 0.748. The van der Waals surface area contributed by atoms with Crippen molar-refractivity contribution >= 4 is 0 Å². The molecule has 1 aliphatic heterocycles. The minimum absolute atomic E-state index is 0.740. The van der Waals surface area contributed by atoms with Gasteiger partial charge >= 0.3 is 0 Å². The zero-order chi connectivity index (χ0) is 13.0. The van der Waals surface area contributed by atoms with Crippen molar-refractivity contribution in [3.05, 3.63) is 0 Å². The molecule has 0 radical (unpaired) electrons. The Labute approximate surface area is 113 Å². The number of hydrogen-bond acceptors (Lipinski definition) is 3. The third kappa shape index (κ3) is 4.22. The van der Waals surface area contributed by atoms with Crippen LogP contribution in [0.15, 0.2) is 0 Å². The van der Waals surface area contributed by atoms with E-state index < -0.39 is 0 Å². The molecule has 0 spiro atoms. The van der Waals surface area contributed by atoms with Crippen molar-refractivity contribution in [3.63, 3.8) is 0 Å². The molecule has 1 saturated carbocycles. The van der Waals surface area contributed by atoms with Crippen LogP contribution in [0.1, 0.15) is 45.4 Å². The standard InChI is InChI=1S/C15H31N3/c1-4-5-15(12-16-13-6-7-13)18(3)14-8-10-17(2)11-9-14/h13-16H,4-12H2,1-3H3. The molecule has 1 heterocycles. The molecule has 18 heavy (non-hydrogen) atoms. The van der Waals surface area contributed by atoms with Crippen LogP contribution in [0.2, 0.25) is 0 Å². The van der Waals surface area contributed by atoms with Crippen LogP contribution in [0.5, 0.6) is 0 Å². The van der Waals surface area contributed by atoms with Crippen LogP contribution in [-0.2, 0) is 0 Å². The topological polar surface area (TPSA) is 18.5 Å². The Morgan fingerprint density at radius 2 is 1.89 bits per heavy atom. The average Bonchev–Trinajstić information content (AvgIpc) is 3.18. The smallest absolute Gasteiger partial charge is 0.0220 e. The molecule has 1 aliphatic carbocycles. The monoisotopic (exact) mass is 253 g/mol. The van der Waals surface area contributed by atoms with Crippen LogP contribution in [0.4, 0.5) is 0 Å². The fraction of sp³-hybridized carbons (Fsp3) is 1.00. The molecule has 0 aromatic rings. The lowest BCUT2D eigenvalue weighted by molar-refractivity contribution is 0.101. The largest absolute Gasteiger partial charge is 0.312 e. The SMILES string of the molecule is CCCC(CNC1CC1)N(C)C1CCN(C)CC1. The van der Waals surface area contributed by atoms with E-state index in [-0.39, 0.29) is 0 Å². The summed E-state index contributed by atoms with van der Waals surface area (Å²) in [6.07, 6.45) is 8.12. The average molecular weight is 253 g/mol. The number of likely N-dealkylation sites (tertiary alicyclic amines) is 1. The van der Waals surface area contributed by atoms with Gasteiger partial charge in [0.15, 0.2) is 0 Å². The fourth-order valence-corrected chi connectivity index (χ4v) is 3.07. The lowest BCUT2D eigenvalue weighted by atomic mass is 10.0. The summed E-state index contributed by atoms with van der Waals surface area (Å²) in [6.45, 7) is 6.04. The normalized spacial score (nSPS) is 24.7. The van der Waals surface area contributed by atoms with E-state index in [4.69, 9.17) is 0 Å². The molecular formula is C15H31N3. The summed E-state index contributed by atoms with van der Waals surface area (Å²) in [5.74, 6) is 0. The highest BCUT2D eigenvalue weighted by atomic mass is 15.2. The van der Waals surface area contributed by atoms with Gasteiger partial charge in [-0.25, -0.2) is 0 Å².